The molecule has 9 heteroatoms. The van der Waals surface area contributed by atoms with Crippen LogP contribution in [0.25, 0.3) is 32.6 Å². The van der Waals surface area contributed by atoms with Crippen LogP contribution >= 0.6 is 0 Å². The summed E-state index contributed by atoms with van der Waals surface area (Å²) in [7, 11) is 1.55. The second kappa shape index (κ2) is 4.97. The lowest BCUT2D eigenvalue weighted by Crippen LogP contribution is -2.09. The molecule has 27 heavy (non-hydrogen) atoms. The van der Waals surface area contributed by atoms with Crippen molar-refractivity contribution in [1.29, 1.82) is 0 Å². The van der Waals surface area contributed by atoms with Crippen LogP contribution in [0.4, 0.5) is 0 Å². The summed E-state index contributed by atoms with van der Waals surface area (Å²) in [5.41, 5.74) is 0.563. The lowest BCUT2D eigenvalue weighted by atomic mass is 9.85. The highest BCUT2D eigenvalue weighted by Gasteiger charge is 2.28. The maximum Gasteiger partial charge on any atom is 0.182 e. The Balaban J connectivity index is 2.44. The number of nitrogens with one attached hydrogen (secondary N) is 1. The molecule has 4 aromatic rings. The largest absolute Gasteiger partial charge is 0.507 e. The molecule has 1 heterocycles. The Labute approximate surface area is 152 Å². The Kier molecular flexibility index (Phi) is 3.10. The molecule has 0 fully saturated rings. The van der Waals surface area contributed by atoms with Gasteiger partial charge in [-0.1, -0.05) is 0 Å². The number of fused-ring (bicyclic) bond motifs is 4. The zero-order valence-electron chi connectivity index (χ0n) is 14.6. The van der Waals surface area contributed by atoms with Crippen molar-refractivity contribution in [2.45, 2.75) is 13.8 Å². The molecule has 0 aliphatic rings. The van der Waals surface area contributed by atoms with Crippen LogP contribution in [0.15, 0.2) is 0 Å². The van der Waals surface area contributed by atoms with Gasteiger partial charge in [-0.25, -0.2) is 0 Å². The van der Waals surface area contributed by atoms with Crippen LogP contribution in [0.2, 0.25) is 0 Å². The van der Waals surface area contributed by atoms with E-state index in [4.69, 9.17) is 0 Å². The third-order valence-electron chi connectivity index (χ3n) is 5.36. The fourth-order valence-corrected chi connectivity index (χ4v) is 3.67. The van der Waals surface area contributed by atoms with Gasteiger partial charge in [0.25, 0.3) is 0 Å². The smallest absolute Gasteiger partial charge is 0.182 e. The first kappa shape index (κ1) is 16.8. The molecule has 0 saturated heterocycles. The molecule has 8 nitrogen and oxygen atoms in total. The number of aromatic amines is 1. The minimum atomic E-state index is -0.603. The molecule has 0 aliphatic heterocycles. The van der Waals surface area contributed by atoms with Crippen LogP contribution in [-0.2, 0) is 0 Å². The number of benzene rings is 3. The maximum atomic E-state index is 10.9. The standard InChI is InChI=1S/C18H16BNO7/c1-3-5-8(16(25)17(26)9(3)19)15(24)10-7(14(5)23)6-11(20-10)18(27)13(22)4(2)12(6)21/h20-27H,19H2,1-2H3. The van der Waals surface area contributed by atoms with E-state index < -0.39 is 28.7 Å². The van der Waals surface area contributed by atoms with Crippen molar-refractivity contribution in [3.63, 3.8) is 0 Å². The van der Waals surface area contributed by atoms with E-state index in [1.807, 2.05) is 0 Å². The first-order chi connectivity index (χ1) is 12.6. The Hall–Kier alpha value is -3.62. The van der Waals surface area contributed by atoms with Crippen LogP contribution in [-0.4, -0.2) is 48.6 Å². The summed E-state index contributed by atoms with van der Waals surface area (Å²) >= 11 is 0. The van der Waals surface area contributed by atoms with E-state index >= 15 is 0 Å². The Morgan fingerprint density at radius 3 is 1.70 bits per heavy atom. The zero-order valence-corrected chi connectivity index (χ0v) is 14.6. The van der Waals surface area contributed by atoms with Gasteiger partial charge in [0.2, 0.25) is 0 Å². The van der Waals surface area contributed by atoms with Crippen LogP contribution < -0.4 is 5.46 Å². The van der Waals surface area contributed by atoms with Crippen molar-refractivity contribution in [2.75, 3.05) is 0 Å². The summed E-state index contributed by atoms with van der Waals surface area (Å²) in [5.74, 6) is -3.35. The molecule has 4 rings (SSSR count). The van der Waals surface area contributed by atoms with E-state index in [1.54, 1.807) is 14.8 Å². The van der Waals surface area contributed by atoms with Crippen LogP contribution in [0, 0.1) is 13.8 Å². The lowest BCUT2D eigenvalue weighted by molar-refractivity contribution is 0.397. The van der Waals surface area contributed by atoms with Crippen LogP contribution in [0.5, 0.6) is 40.2 Å². The molecule has 0 atom stereocenters. The molecule has 1 aromatic heterocycles. The Morgan fingerprint density at radius 2 is 1.07 bits per heavy atom. The molecule has 8 N–H and O–H groups in total. The van der Waals surface area contributed by atoms with Crippen molar-refractivity contribution < 1.29 is 35.7 Å². The molecule has 0 saturated carbocycles. The van der Waals surface area contributed by atoms with Gasteiger partial charge >= 0.3 is 0 Å². The fourth-order valence-electron chi connectivity index (χ4n) is 3.67. The molecule has 0 spiro atoms. The molecule has 0 amide bonds. The van der Waals surface area contributed by atoms with E-state index in [0.29, 0.717) is 11.0 Å². The molecular formula is C18H16BNO7. The molecule has 0 radical (unpaired) electrons. The minimum Gasteiger partial charge on any atom is -0.507 e. The Morgan fingerprint density at radius 1 is 0.519 bits per heavy atom. The summed E-state index contributed by atoms with van der Waals surface area (Å²) in [6.45, 7) is 2.99. The third-order valence-corrected chi connectivity index (χ3v) is 5.36. The topological polar surface area (TPSA) is 157 Å². The van der Waals surface area contributed by atoms with Gasteiger partial charge in [0, 0.05) is 10.9 Å². The summed E-state index contributed by atoms with van der Waals surface area (Å²) in [5, 5.41) is 72.7. The van der Waals surface area contributed by atoms with Crippen molar-refractivity contribution in [1.82, 2.24) is 4.98 Å². The predicted molar refractivity (Wildman–Crippen MR) is 103 cm³/mol. The van der Waals surface area contributed by atoms with Gasteiger partial charge in [-0.15, -0.1) is 0 Å². The van der Waals surface area contributed by atoms with Crippen LogP contribution in [0.1, 0.15) is 11.1 Å². The van der Waals surface area contributed by atoms with E-state index in [1.165, 1.54) is 6.92 Å². The number of rotatable bonds is 0. The third kappa shape index (κ3) is 1.78. The predicted octanol–water partition coefficient (Wildman–Crippen LogP) is 1.29. The lowest BCUT2D eigenvalue weighted by Gasteiger charge is -2.15. The first-order valence-corrected chi connectivity index (χ1v) is 8.07. The first-order valence-electron chi connectivity index (χ1n) is 8.07. The highest BCUT2D eigenvalue weighted by Crippen LogP contribution is 2.54. The van der Waals surface area contributed by atoms with Crippen molar-refractivity contribution in [3.8, 4) is 40.2 Å². The molecule has 0 bridgehead atoms. The van der Waals surface area contributed by atoms with E-state index in [0.717, 1.165) is 0 Å². The van der Waals surface area contributed by atoms with Gasteiger partial charge in [0.05, 0.1) is 27.2 Å². The van der Waals surface area contributed by atoms with Crippen molar-refractivity contribution in [2.24, 2.45) is 0 Å². The maximum absolute atomic E-state index is 10.9. The monoisotopic (exact) mass is 369 g/mol. The highest BCUT2D eigenvalue weighted by atomic mass is 16.3. The highest BCUT2D eigenvalue weighted by molar-refractivity contribution is 6.38. The van der Waals surface area contributed by atoms with Crippen molar-refractivity contribution >= 4 is 45.9 Å². The Bertz CT molecular complexity index is 1320. The zero-order chi connectivity index (χ0) is 19.9. The van der Waals surface area contributed by atoms with E-state index in [9.17, 15) is 35.7 Å². The quantitative estimate of drug-likeness (QED) is 0.132. The second-order valence-corrected chi connectivity index (χ2v) is 6.69. The molecule has 3 aromatic carbocycles. The number of aromatic nitrogens is 1. The summed E-state index contributed by atoms with van der Waals surface area (Å²) < 4.78 is 0. The number of H-pyrrole nitrogens is 1. The second-order valence-electron chi connectivity index (χ2n) is 6.69. The van der Waals surface area contributed by atoms with Gasteiger partial charge in [-0.05, 0) is 24.9 Å². The number of phenols is 7. The number of aryl methyl sites for hydroxylation is 1. The van der Waals surface area contributed by atoms with Crippen molar-refractivity contribution in [3.05, 3.63) is 11.1 Å². The van der Waals surface area contributed by atoms with Gasteiger partial charge in [-0.3, -0.25) is 0 Å². The molecule has 0 unspecified atom stereocenters. The van der Waals surface area contributed by atoms with Gasteiger partial charge in [0.15, 0.2) is 28.7 Å². The summed E-state index contributed by atoms with van der Waals surface area (Å²) in [4.78, 5) is 2.66. The van der Waals surface area contributed by atoms with Gasteiger partial charge in [0.1, 0.15) is 19.3 Å². The number of aromatic hydroxyl groups is 7. The number of phenolic OH excluding ortho intramolecular Hbond substituents is 7. The van der Waals surface area contributed by atoms with E-state index in [2.05, 4.69) is 4.98 Å². The average molecular weight is 369 g/mol. The summed E-state index contributed by atoms with van der Waals surface area (Å²) in [6, 6.07) is 0. The van der Waals surface area contributed by atoms with Gasteiger partial charge < -0.3 is 40.7 Å². The van der Waals surface area contributed by atoms with Crippen LogP contribution in [0.3, 0.4) is 0 Å². The molecule has 0 aliphatic carbocycles. The SMILES string of the molecule is Bc1c(O)c(O)c2c(O)c3[nH]c4c(O)c(O)c(C)c(O)c4c3c(O)c2c1C. The minimum absolute atomic E-state index is 0.00124. The fraction of sp³-hybridized carbons (Fsp3) is 0.111. The number of hydrogen-bond donors (Lipinski definition) is 8. The molecule has 138 valence electrons. The summed E-state index contributed by atoms with van der Waals surface area (Å²) in [6.07, 6.45) is 0. The van der Waals surface area contributed by atoms with E-state index in [-0.39, 0.29) is 49.6 Å². The molecular weight excluding hydrogens is 353 g/mol. The average Bonchev–Trinajstić information content (AvgIpc) is 3.05. The number of hydrogen-bond acceptors (Lipinski definition) is 7. The normalized spacial score (nSPS) is 11.8. The van der Waals surface area contributed by atoms with Gasteiger partial charge in [-0.2, -0.15) is 0 Å².